The fraction of sp³-hybridized carbons (Fsp3) is 0.519. The standard InChI is InChI=1S/C27H34FN7O3S2/c1-20(21-2-4-22(28)5-3-21)35-19-29-15-23(35)17-32-10-12-34(13-11-32)40(37,38)25-16-30-26(39-25)33-8-6-27(7-9-33)14-24(36)31-18-27/h2-5,15-16,19-20H,6-14,17-18H2,1H3,(H,31,36)/t20-/m1/s1. The predicted octanol–water partition coefficient (Wildman–Crippen LogP) is 2.70. The summed E-state index contributed by atoms with van der Waals surface area (Å²) < 4.78 is 44.2. The summed E-state index contributed by atoms with van der Waals surface area (Å²) in [7, 11) is -3.62. The fourth-order valence-electron chi connectivity index (χ4n) is 5.98. The molecule has 13 heteroatoms. The van der Waals surface area contributed by atoms with Crippen molar-refractivity contribution in [3.63, 3.8) is 0 Å². The first kappa shape index (κ1) is 27.3. The number of piperidine rings is 1. The molecule has 0 saturated carbocycles. The van der Waals surface area contributed by atoms with Crippen LogP contribution in [0.2, 0.25) is 0 Å². The third-order valence-electron chi connectivity index (χ3n) is 8.59. The summed E-state index contributed by atoms with van der Waals surface area (Å²) in [6, 6.07) is 6.51. The lowest BCUT2D eigenvalue weighted by molar-refractivity contribution is -0.119. The number of nitrogens with one attached hydrogen (secondary N) is 1. The second kappa shape index (κ2) is 10.8. The van der Waals surface area contributed by atoms with E-state index in [1.165, 1.54) is 29.7 Å². The van der Waals surface area contributed by atoms with Gasteiger partial charge in [0.15, 0.2) is 9.34 Å². The van der Waals surface area contributed by atoms with Crippen molar-refractivity contribution in [2.75, 3.05) is 50.7 Å². The Morgan fingerprint density at radius 1 is 1.07 bits per heavy atom. The van der Waals surface area contributed by atoms with Crippen LogP contribution in [0.25, 0.3) is 0 Å². The van der Waals surface area contributed by atoms with Crippen LogP contribution in [0.5, 0.6) is 0 Å². The zero-order valence-corrected chi connectivity index (χ0v) is 24.1. The van der Waals surface area contributed by atoms with Crippen molar-refractivity contribution in [2.45, 2.75) is 43.0 Å². The maximum atomic E-state index is 13.4. The lowest BCUT2D eigenvalue weighted by Gasteiger charge is -2.38. The number of piperazine rings is 1. The van der Waals surface area contributed by atoms with Crippen molar-refractivity contribution in [1.82, 2.24) is 29.1 Å². The average molecular weight is 588 g/mol. The van der Waals surface area contributed by atoms with Crippen molar-refractivity contribution >= 4 is 32.4 Å². The number of sulfonamides is 1. The van der Waals surface area contributed by atoms with Crippen LogP contribution in [0.4, 0.5) is 9.52 Å². The number of carbonyl (C=O) groups excluding carboxylic acids is 1. The van der Waals surface area contributed by atoms with Gasteiger partial charge < -0.3 is 14.8 Å². The zero-order chi connectivity index (χ0) is 27.9. The average Bonchev–Trinajstić information content (AvgIpc) is 3.71. The summed E-state index contributed by atoms with van der Waals surface area (Å²) in [4.78, 5) is 24.9. The van der Waals surface area contributed by atoms with Crippen molar-refractivity contribution in [3.8, 4) is 0 Å². The van der Waals surface area contributed by atoms with Crippen LogP contribution in [0, 0.1) is 11.2 Å². The molecule has 1 N–H and O–H groups in total. The van der Waals surface area contributed by atoms with Gasteiger partial charge in [0, 0.05) is 65.0 Å². The molecule has 3 aromatic rings. The van der Waals surface area contributed by atoms with Crippen LogP contribution >= 0.6 is 11.3 Å². The minimum atomic E-state index is -3.62. The molecular weight excluding hydrogens is 553 g/mol. The third-order valence-corrected chi connectivity index (χ3v) is 12.0. The molecule has 1 aromatic carbocycles. The summed E-state index contributed by atoms with van der Waals surface area (Å²) in [6.07, 6.45) is 7.50. The molecule has 214 valence electrons. The lowest BCUT2D eigenvalue weighted by atomic mass is 9.78. The molecular formula is C27H34FN7O3S2. The van der Waals surface area contributed by atoms with E-state index in [1.54, 1.807) is 22.8 Å². The molecule has 0 radical (unpaired) electrons. The number of aromatic nitrogens is 3. The molecule has 10 nitrogen and oxygen atoms in total. The Kier molecular flexibility index (Phi) is 7.40. The number of amides is 1. The Hall–Kier alpha value is -2.87. The van der Waals surface area contributed by atoms with Crippen molar-refractivity contribution in [2.24, 2.45) is 5.41 Å². The number of benzene rings is 1. The summed E-state index contributed by atoms with van der Waals surface area (Å²) in [6.45, 7) is 7.04. The Labute approximate surface area is 237 Å². The zero-order valence-electron chi connectivity index (χ0n) is 22.5. The monoisotopic (exact) mass is 587 g/mol. The molecule has 40 heavy (non-hydrogen) atoms. The van der Waals surface area contributed by atoms with Gasteiger partial charge >= 0.3 is 0 Å². The first-order valence-electron chi connectivity index (χ1n) is 13.7. The third kappa shape index (κ3) is 5.39. The van der Waals surface area contributed by atoms with Gasteiger partial charge in [0.25, 0.3) is 10.0 Å². The molecule has 3 aliphatic heterocycles. The van der Waals surface area contributed by atoms with E-state index in [2.05, 4.69) is 36.6 Å². The van der Waals surface area contributed by atoms with Crippen LogP contribution in [0.1, 0.15) is 43.5 Å². The minimum absolute atomic E-state index is 0.00283. The number of halogens is 1. The molecule has 6 rings (SSSR count). The van der Waals surface area contributed by atoms with E-state index >= 15 is 0 Å². The van der Waals surface area contributed by atoms with Gasteiger partial charge in [-0.05, 0) is 42.9 Å². The number of imidazole rings is 1. The summed E-state index contributed by atoms with van der Waals surface area (Å²) in [5, 5.41) is 3.68. The van der Waals surface area contributed by atoms with Crippen molar-refractivity contribution in [1.29, 1.82) is 0 Å². The molecule has 1 spiro atoms. The summed E-state index contributed by atoms with van der Waals surface area (Å²) in [5.74, 6) is -0.134. The van der Waals surface area contributed by atoms with E-state index in [0.717, 1.165) is 48.9 Å². The maximum absolute atomic E-state index is 13.4. The molecule has 1 amide bonds. The van der Waals surface area contributed by atoms with E-state index < -0.39 is 10.0 Å². The van der Waals surface area contributed by atoms with Gasteiger partial charge in [-0.15, -0.1) is 0 Å². The van der Waals surface area contributed by atoms with Gasteiger partial charge in [0.1, 0.15) is 5.82 Å². The smallest absolute Gasteiger partial charge is 0.254 e. The highest BCUT2D eigenvalue weighted by Crippen LogP contribution is 2.40. The van der Waals surface area contributed by atoms with Gasteiger partial charge in [-0.2, -0.15) is 4.31 Å². The Morgan fingerprint density at radius 3 is 2.48 bits per heavy atom. The van der Waals surface area contributed by atoms with Gasteiger partial charge in [0.2, 0.25) is 5.91 Å². The summed E-state index contributed by atoms with van der Waals surface area (Å²) >= 11 is 1.23. The number of anilines is 1. The van der Waals surface area contributed by atoms with Gasteiger partial charge in [0.05, 0.1) is 24.3 Å². The largest absolute Gasteiger partial charge is 0.356 e. The first-order chi connectivity index (χ1) is 19.2. The van der Waals surface area contributed by atoms with Crippen LogP contribution in [-0.2, 0) is 21.4 Å². The molecule has 3 fully saturated rings. The Balaban J connectivity index is 1.05. The lowest BCUT2D eigenvalue weighted by Crippen LogP contribution is -2.48. The number of hydrogen-bond donors (Lipinski definition) is 1. The topological polar surface area (TPSA) is 104 Å². The van der Waals surface area contributed by atoms with Crippen LogP contribution in [0.3, 0.4) is 0 Å². The SMILES string of the molecule is C[C@H](c1ccc(F)cc1)n1cncc1CN1CCN(S(=O)(=O)c2cnc(N3CCC4(CC3)CNC(=O)C4)s2)CC1. The molecule has 3 aliphatic rings. The second-order valence-corrected chi connectivity index (χ2v) is 14.3. The van der Waals surface area contributed by atoms with Gasteiger partial charge in [-0.3, -0.25) is 9.69 Å². The number of thiazole rings is 1. The number of hydrogen-bond acceptors (Lipinski definition) is 8. The normalized spacial score (nSPS) is 21.1. The number of carbonyl (C=O) groups is 1. The van der Waals surface area contributed by atoms with E-state index in [1.807, 2.05) is 6.20 Å². The second-order valence-electron chi connectivity index (χ2n) is 11.1. The van der Waals surface area contributed by atoms with Gasteiger partial charge in [-0.1, -0.05) is 23.5 Å². The Bertz CT molecular complexity index is 1460. The molecule has 1 atom stereocenters. The Morgan fingerprint density at radius 2 is 1.80 bits per heavy atom. The first-order valence-corrected chi connectivity index (χ1v) is 15.9. The van der Waals surface area contributed by atoms with Crippen LogP contribution in [-0.4, -0.2) is 83.9 Å². The van der Waals surface area contributed by atoms with E-state index in [0.29, 0.717) is 39.1 Å². The quantitative estimate of drug-likeness (QED) is 0.454. The molecule has 5 heterocycles. The molecule has 0 bridgehead atoms. The van der Waals surface area contributed by atoms with Gasteiger partial charge in [-0.25, -0.2) is 22.8 Å². The highest BCUT2D eigenvalue weighted by Gasteiger charge is 2.41. The van der Waals surface area contributed by atoms with E-state index in [9.17, 15) is 17.6 Å². The van der Waals surface area contributed by atoms with Crippen LogP contribution in [0.15, 0.2) is 47.2 Å². The van der Waals surface area contributed by atoms with Crippen LogP contribution < -0.4 is 10.2 Å². The fourth-order valence-corrected chi connectivity index (χ4v) is 8.73. The molecule has 0 unspecified atom stereocenters. The molecule has 3 saturated heterocycles. The number of nitrogens with zero attached hydrogens (tertiary/aromatic N) is 6. The molecule has 2 aromatic heterocycles. The highest BCUT2D eigenvalue weighted by molar-refractivity contribution is 7.91. The van der Waals surface area contributed by atoms with E-state index in [-0.39, 0.29) is 27.4 Å². The van der Waals surface area contributed by atoms with E-state index in [4.69, 9.17) is 0 Å². The van der Waals surface area contributed by atoms with Crippen molar-refractivity contribution in [3.05, 3.63) is 60.1 Å². The number of rotatable bonds is 7. The predicted molar refractivity (Wildman–Crippen MR) is 150 cm³/mol. The minimum Gasteiger partial charge on any atom is -0.356 e. The maximum Gasteiger partial charge on any atom is 0.254 e. The van der Waals surface area contributed by atoms with Crippen molar-refractivity contribution < 1.29 is 17.6 Å². The summed E-state index contributed by atoms with van der Waals surface area (Å²) in [5.41, 5.74) is 2.06. The molecule has 0 aliphatic carbocycles. The highest BCUT2D eigenvalue weighted by atomic mass is 32.2.